The molecule has 0 aliphatic rings. The molecule has 0 heterocycles. The van der Waals surface area contributed by atoms with E-state index in [1.165, 1.54) is 18.2 Å². The topological polar surface area (TPSA) is 113 Å². The molecule has 0 atom stereocenters. The normalized spacial score (nSPS) is 10.7. The van der Waals surface area contributed by atoms with E-state index in [1.54, 1.807) is 6.07 Å². The van der Waals surface area contributed by atoms with Crippen LogP contribution in [0.4, 0.5) is 5.69 Å². The largest absolute Gasteiger partial charge is 0.398 e. The number of rotatable bonds is 4. The van der Waals surface area contributed by atoms with Crippen LogP contribution < -0.4 is 11.1 Å². The maximum absolute atomic E-state index is 11.9. The summed E-state index contributed by atoms with van der Waals surface area (Å²) in [6.07, 6.45) is 0. The second kappa shape index (κ2) is 5.71. The molecule has 0 aliphatic carbocycles. The molecule has 1 aromatic rings. The Morgan fingerprint density at radius 1 is 1.50 bits per heavy atom. The van der Waals surface area contributed by atoms with Crippen LogP contribution in [-0.4, -0.2) is 26.6 Å². The number of anilines is 1. The molecule has 0 radical (unpaired) electrons. The van der Waals surface area contributed by atoms with E-state index in [0.717, 1.165) is 0 Å². The van der Waals surface area contributed by atoms with Gasteiger partial charge in [-0.3, -0.25) is 4.79 Å². The maximum atomic E-state index is 11.9. The quantitative estimate of drug-likeness (QED) is 0.612. The highest BCUT2D eigenvalue weighted by Gasteiger charge is 2.21. The number of nitrogens with zero attached hydrogens (tertiary/aromatic N) is 1. The smallest absolute Gasteiger partial charge is 0.236 e. The Kier molecular flexibility index (Phi) is 4.53. The number of benzene rings is 1. The van der Waals surface area contributed by atoms with Crippen LogP contribution in [0.2, 0.25) is 5.02 Å². The third-order valence-electron chi connectivity index (χ3n) is 1.99. The standard InChI is InChI=1S/C10H10ClN3O3S/c11-7-1-2-9(8(13)5-7)18(16,17)6-10(15)14-4-3-12/h1-2,5H,4,6,13H2,(H,14,15). The van der Waals surface area contributed by atoms with Gasteiger partial charge in [-0.25, -0.2) is 8.42 Å². The average molecular weight is 288 g/mol. The van der Waals surface area contributed by atoms with E-state index in [-0.39, 0.29) is 17.1 Å². The third kappa shape index (κ3) is 3.61. The Labute approximate surface area is 109 Å². The van der Waals surface area contributed by atoms with Gasteiger partial charge in [0.05, 0.1) is 16.7 Å². The van der Waals surface area contributed by atoms with Crippen molar-refractivity contribution in [3.05, 3.63) is 23.2 Å². The van der Waals surface area contributed by atoms with Crippen molar-refractivity contribution in [3.8, 4) is 6.07 Å². The molecular weight excluding hydrogens is 278 g/mol. The van der Waals surface area contributed by atoms with Crippen molar-refractivity contribution >= 4 is 33.0 Å². The molecule has 1 amide bonds. The van der Waals surface area contributed by atoms with Gasteiger partial charge in [0.1, 0.15) is 12.3 Å². The van der Waals surface area contributed by atoms with Gasteiger partial charge in [-0.05, 0) is 18.2 Å². The summed E-state index contributed by atoms with van der Waals surface area (Å²) in [6, 6.07) is 5.58. The molecule has 0 aromatic heterocycles. The summed E-state index contributed by atoms with van der Waals surface area (Å²) in [5.41, 5.74) is 5.52. The zero-order valence-electron chi connectivity index (χ0n) is 9.18. The molecule has 6 nitrogen and oxygen atoms in total. The predicted octanol–water partition coefficient (Wildman–Crippen LogP) is 0.336. The number of nitriles is 1. The molecule has 0 spiro atoms. The zero-order valence-corrected chi connectivity index (χ0v) is 10.8. The molecule has 0 unspecified atom stereocenters. The predicted molar refractivity (Wildman–Crippen MR) is 66.5 cm³/mol. The van der Waals surface area contributed by atoms with E-state index < -0.39 is 21.5 Å². The molecule has 0 saturated heterocycles. The summed E-state index contributed by atoms with van der Waals surface area (Å²) in [5, 5.41) is 10.7. The van der Waals surface area contributed by atoms with Gasteiger partial charge in [0.15, 0.2) is 9.84 Å². The van der Waals surface area contributed by atoms with E-state index in [9.17, 15) is 13.2 Å². The second-order valence-electron chi connectivity index (χ2n) is 3.38. The SMILES string of the molecule is N#CCNC(=O)CS(=O)(=O)c1ccc(Cl)cc1N. The van der Waals surface area contributed by atoms with Crippen LogP contribution in [0.1, 0.15) is 0 Å². The van der Waals surface area contributed by atoms with Crippen molar-refractivity contribution in [1.29, 1.82) is 5.26 Å². The van der Waals surface area contributed by atoms with Crippen LogP contribution in [0.5, 0.6) is 0 Å². The lowest BCUT2D eigenvalue weighted by atomic mass is 10.3. The minimum atomic E-state index is -3.84. The van der Waals surface area contributed by atoms with Crippen LogP contribution in [-0.2, 0) is 14.6 Å². The highest BCUT2D eigenvalue weighted by atomic mass is 35.5. The number of carbonyl (C=O) groups excluding carboxylic acids is 1. The molecule has 18 heavy (non-hydrogen) atoms. The monoisotopic (exact) mass is 287 g/mol. The molecule has 3 N–H and O–H groups in total. The number of nitrogen functional groups attached to an aromatic ring is 1. The van der Waals surface area contributed by atoms with E-state index >= 15 is 0 Å². The first kappa shape index (κ1) is 14.3. The van der Waals surface area contributed by atoms with Crippen molar-refractivity contribution in [1.82, 2.24) is 5.32 Å². The van der Waals surface area contributed by atoms with Gasteiger partial charge in [0.25, 0.3) is 0 Å². The molecule has 8 heteroatoms. The molecule has 1 aromatic carbocycles. The Balaban J connectivity index is 2.94. The third-order valence-corrected chi connectivity index (χ3v) is 3.91. The van der Waals surface area contributed by atoms with Gasteiger partial charge in [0.2, 0.25) is 5.91 Å². The lowest BCUT2D eigenvalue weighted by molar-refractivity contribution is -0.118. The number of nitrogens with two attached hydrogens (primary N) is 1. The fourth-order valence-electron chi connectivity index (χ4n) is 1.24. The molecule has 0 aliphatic heterocycles. The number of hydrogen-bond donors (Lipinski definition) is 2. The summed E-state index contributed by atoms with van der Waals surface area (Å²) < 4.78 is 23.7. The Bertz CT molecular complexity index is 607. The molecule has 0 saturated carbocycles. The summed E-state index contributed by atoms with van der Waals surface area (Å²) in [5.74, 6) is -1.52. The molecule has 0 fully saturated rings. The number of sulfone groups is 1. The lowest BCUT2D eigenvalue weighted by Gasteiger charge is -2.07. The van der Waals surface area contributed by atoms with Crippen molar-refractivity contribution in [3.63, 3.8) is 0 Å². The molecule has 1 rings (SSSR count). The van der Waals surface area contributed by atoms with Gasteiger partial charge in [-0.2, -0.15) is 5.26 Å². The highest BCUT2D eigenvalue weighted by Crippen LogP contribution is 2.23. The van der Waals surface area contributed by atoms with E-state index in [0.29, 0.717) is 5.02 Å². The average Bonchev–Trinajstić information content (AvgIpc) is 2.25. The summed E-state index contributed by atoms with van der Waals surface area (Å²) in [7, 11) is -3.84. The Morgan fingerprint density at radius 2 is 2.17 bits per heavy atom. The van der Waals surface area contributed by atoms with Gasteiger partial charge in [-0.1, -0.05) is 11.6 Å². The van der Waals surface area contributed by atoms with E-state index in [1.807, 2.05) is 0 Å². The first-order chi connectivity index (χ1) is 8.36. The number of carbonyl (C=O) groups is 1. The Hall–Kier alpha value is -1.78. The number of hydrogen-bond acceptors (Lipinski definition) is 5. The van der Waals surface area contributed by atoms with Crippen LogP contribution >= 0.6 is 11.6 Å². The van der Waals surface area contributed by atoms with Crippen molar-refractivity contribution in [2.75, 3.05) is 18.0 Å². The van der Waals surface area contributed by atoms with Crippen LogP contribution in [0.25, 0.3) is 0 Å². The number of amides is 1. The van der Waals surface area contributed by atoms with E-state index in [4.69, 9.17) is 22.6 Å². The highest BCUT2D eigenvalue weighted by molar-refractivity contribution is 7.92. The zero-order chi connectivity index (χ0) is 13.8. The Morgan fingerprint density at radius 3 is 2.72 bits per heavy atom. The minimum Gasteiger partial charge on any atom is -0.398 e. The van der Waals surface area contributed by atoms with Gasteiger partial charge in [-0.15, -0.1) is 0 Å². The minimum absolute atomic E-state index is 0.0180. The molecular formula is C10H10ClN3O3S. The fraction of sp³-hybridized carbons (Fsp3) is 0.200. The first-order valence-corrected chi connectivity index (χ1v) is 6.81. The van der Waals surface area contributed by atoms with Crippen molar-refractivity contribution in [2.24, 2.45) is 0 Å². The van der Waals surface area contributed by atoms with Crippen molar-refractivity contribution in [2.45, 2.75) is 4.90 Å². The molecule has 0 bridgehead atoms. The van der Waals surface area contributed by atoms with E-state index in [2.05, 4.69) is 5.32 Å². The number of halogens is 1. The van der Waals surface area contributed by atoms with Gasteiger partial charge < -0.3 is 11.1 Å². The van der Waals surface area contributed by atoms with Gasteiger partial charge in [0, 0.05) is 5.02 Å². The van der Waals surface area contributed by atoms with Crippen LogP contribution in [0.15, 0.2) is 23.1 Å². The van der Waals surface area contributed by atoms with Crippen LogP contribution in [0, 0.1) is 11.3 Å². The first-order valence-electron chi connectivity index (χ1n) is 4.78. The lowest BCUT2D eigenvalue weighted by Crippen LogP contribution is -2.30. The summed E-state index contributed by atoms with van der Waals surface area (Å²) >= 11 is 5.65. The number of nitrogens with one attached hydrogen (secondary N) is 1. The van der Waals surface area contributed by atoms with Gasteiger partial charge >= 0.3 is 0 Å². The summed E-state index contributed by atoms with van der Waals surface area (Å²) in [4.78, 5) is 11.1. The van der Waals surface area contributed by atoms with Crippen molar-refractivity contribution < 1.29 is 13.2 Å². The maximum Gasteiger partial charge on any atom is 0.236 e. The second-order valence-corrected chi connectivity index (χ2v) is 5.77. The fourth-order valence-corrected chi connectivity index (χ4v) is 2.72. The summed E-state index contributed by atoms with van der Waals surface area (Å²) in [6.45, 7) is -0.246. The molecule has 96 valence electrons. The van der Waals surface area contributed by atoms with Crippen LogP contribution in [0.3, 0.4) is 0 Å².